The number of rotatable bonds is 14. The van der Waals surface area contributed by atoms with Crippen LogP contribution in [0.1, 0.15) is 75.3 Å². The number of aliphatic carboxylic acids is 1. The molecule has 3 N–H and O–H groups in total. The van der Waals surface area contributed by atoms with Gasteiger partial charge in [-0.2, -0.15) is 0 Å². The summed E-state index contributed by atoms with van der Waals surface area (Å²) in [5.74, 6) is -2.01. The Morgan fingerprint density at radius 3 is 2.52 bits per heavy atom. The highest BCUT2D eigenvalue weighted by Gasteiger charge is 2.35. The predicted octanol–water partition coefficient (Wildman–Crippen LogP) is 3.59. The standard InChI is InChI=1S/C33H41N3O8/c1-21-29(32(38)39)31(24-12-8-13-25(18-24)36(41)42)30(22(2)35-21)33(40)43-17-9-16-34-19-26(37)20-44-28-15-7-6-14-27(28)23-10-4-3-5-11-23/h6-8,12-15,18,23,26,31,34-35,37H,3-5,9-11,16-17,19-20H2,1-2H3,(H,38,39)/p-1. The summed E-state index contributed by atoms with van der Waals surface area (Å²) in [5.41, 5.74) is 1.77. The van der Waals surface area contributed by atoms with Gasteiger partial charge in [0.1, 0.15) is 18.5 Å². The van der Waals surface area contributed by atoms with Crippen LogP contribution in [0.4, 0.5) is 5.69 Å². The normalized spacial score (nSPS) is 18.0. The summed E-state index contributed by atoms with van der Waals surface area (Å²) in [6.07, 6.45) is 5.76. The zero-order valence-electron chi connectivity index (χ0n) is 25.2. The van der Waals surface area contributed by atoms with Crippen LogP contribution in [0, 0.1) is 10.1 Å². The summed E-state index contributed by atoms with van der Waals surface area (Å²) >= 11 is 0. The molecule has 1 heterocycles. The van der Waals surface area contributed by atoms with Crippen LogP contribution in [0.25, 0.3) is 0 Å². The maximum Gasteiger partial charge on any atom is 0.336 e. The van der Waals surface area contributed by atoms with Crippen LogP contribution in [0.2, 0.25) is 0 Å². The number of aliphatic hydroxyl groups excluding tert-OH is 1. The summed E-state index contributed by atoms with van der Waals surface area (Å²) in [4.78, 5) is 36.1. The lowest BCUT2D eigenvalue weighted by molar-refractivity contribution is -0.384. The lowest BCUT2D eigenvalue weighted by Crippen LogP contribution is -2.37. The first-order chi connectivity index (χ1) is 21.2. The fraction of sp³-hybridized carbons (Fsp3) is 0.455. The summed E-state index contributed by atoms with van der Waals surface area (Å²) in [6.45, 7) is 4.10. The van der Waals surface area contributed by atoms with Gasteiger partial charge in [0.05, 0.1) is 23.1 Å². The van der Waals surface area contributed by atoms with E-state index in [0.29, 0.717) is 31.1 Å². The first-order valence-electron chi connectivity index (χ1n) is 15.1. The third kappa shape index (κ3) is 8.23. The molecule has 1 aliphatic carbocycles. The third-order valence-electron chi connectivity index (χ3n) is 8.12. The second-order valence-electron chi connectivity index (χ2n) is 11.3. The molecule has 44 heavy (non-hydrogen) atoms. The number of benzene rings is 2. The molecular weight excluding hydrogens is 566 g/mol. The molecule has 1 saturated carbocycles. The highest BCUT2D eigenvalue weighted by molar-refractivity contribution is 5.98. The Kier molecular flexibility index (Phi) is 11.5. The van der Waals surface area contributed by atoms with Crippen molar-refractivity contribution in [1.82, 2.24) is 10.6 Å². The van der Waals surface area contributed by atoms with Gasteiger partial charge >= 0.3 is 5.97 Å². The first-order valence-corrected chi connectivity index (χ1v) is 15.1. The number of aliphatic hydroxyl groups is 1. The van der Waals surface area contributed by atoms with E-state index in [0.717, 1.165) is 18.6 Å². The molecule has 2 aromatic carbocycles. The van der Waals surface area contributed by atoms with E-state index >= 15 is 0 Å². The topological polar surface area (TPSA) is 163 Å². The van der Waals surface area contributed by atoms with E-state index in [9.17, 15) is 29.9 Å². The van der Waals surface area contributed by atoms with Crippen molar-refractivity contribution in [3.8, 4) is 5.75 Å². The molecule has 4 rings (SSSR count). The zero-order chi connectivity index (χ0) is 31.6. The molecule has 0 bridgehead atoms. The van der Waals surface area contributed by atoms with Crippen molar-refractivity contribution >= 4 is 17.6 Å². The maximum atomic E-state index is 13.2. The number of allylic oxidation sites excluding steroid dienone is 2. The average Bonchev–Trinajstić information content (AvgIpc) is 3.01. The summed E-state index contributed by atoms with van der Waals surface area (Å²) in [6, 6.07) is 13.6. The van der Waals surface area contributed by atoms with Gasteiger partial charge in [-0.1, -0.05) is 49.6 Å². The van der Waals surface area contributed by atoms with Crippen molar-refractivity contribution in [2.24, 2.45) is 0 Å². The van der Waals surface area contributed by atoms with Gasteiger partial charge in [-0.25, -0.2) is 4.79 Å². The second kappa shape index (κ2) is 15.5. The Hall–Kier alpha value is -4.22. The van der Waals surface area contributed by atoms with Crippen molar-refractivity contribution in [2.45, 2.75) is 70.3 Å². The minimum Gasteiger partial charge on any atom is -0.545 e. The number of carboxylic acid groups (broad SMARTS) is 1. The number of hydrogen-bond acceptors (Lipinski definition) is 10. The van der Waals surface area contributed by atoms with Gasteiger partial charge in [-0.15, -0.1) is 0 Å². The maximum absolute atomic E-state index is 13.2. The number of non-ortho nitro benzene ring substituents is 1. The Labute approximate surface area is 257 Å². The minimum absolute atomic E-state index is 0.0367. The molecule has 2 aliphatic rings. The van der Waals surface area contributed by atoms with Crippen LogP contribution in [-0.2, 0) is 14.3 Å². The Balaban J connectivity index is 1.27. The van der Waals surface area contributed by atoms with Crippen LogP contribution in [0.5, 0.6) is 5.75 Å². The fourth-order valence-electron chi connectivity index (χ4n) is 6.00. The van der Waals surface area contributed by atoms with Crippen LogP contribution in [0.3, 0.4) is 0 Å². The number of nitro benzene ring substituents is 1. The molecule has 236 valence electrons. The number of para-hydroxylation sites is 1. The number of nitrogens with zero attached hydrogens (tertiary/aromatic N) is 1. The van der Waals surface area contributed by atoms with Crippen molar-refractivity contribution in [3.05, 3.63) is 92.3 Å². The monoisotopic (exact) mass is 606 g/mol. The zero-order valence-corrected chi connectivity index (χ0v) is 25.2. The van der Waals surface area contributed by atoms with E-state index in [1.807, 2.05) is 18.2 Å². The van der Waals surface area contributed by atoms with Crippen molar-refractivity contribution < 1.29 is 34.2 Å². The number of carbonyl (C=O) groups excluding carboxylic acids is 2. The summed E-state index contributed by atoms with van der Waals surface area (Å²) < 4.78 is 11.5. The Morgan fingerprint density at radius 2 is 1.80 bits per heavy atom. The molecule has 0 spiro atoms. The van der Waals surface area contributed by atoms with Crippen LogP contribution < -0.4 is 20.5 Å². The minimum atomic E-state index is -1.49. The number of ether oxygens (including phenoxy) is 2. The van der Waals surface area contributed by atoms with Crippen molar-refractivity contribution in [1.29, 1.82) is 0 Å². The molecule has 1 aliphatic heterocycles. The molecular formula is C33H40N3O8-. The summed E-state index contributed by atoms with van der Waals surface area (Å²) in [5, 5.41) is 39.9. The highest BCUT2D eigenvalue weighted by Crippen LogP contribution is 2.40. The number of carboxylic acids is 1. The number of nitro groups is 1. The van der Waals surface area contributed by atoms with E-state index in [1.165, 1.54) is 49.1 Å². The molecule has 11 nitrogen and oxygen atoms in total. The second-order valence-corrected chi connectivity index (χ2v) is 11.3. The van der Waals surface area contributed by atoms with E-state index in [-0.39, 0.29) is 41.3 Å². The smallest absolute Gasteiger partial charge is 0.336 e. The number of hydrogen-bond donors (Lipinski definition) is 3. The Morgan fingerprint density at radius 1 is 1.07 bits per heavy atom. The largest absolute Gasteiger partial charge is 0.545 e. The van der Waals surface area contributed by atoms with Gasteiger partial charge in [0, 0.05) is 41.6 Å². The van der Waals surface area contributed by atoms with Crippen LogP contribution in [-0.4, -0.2) is 54.4 Å². The third-order valence-corrected chi connectivity index (χ3v) is 8.12. The molecule has 0 saturated heterocycles. The summed E-state index contributed by atoms with van der Waals surface area (Å²) in [7, 11) is 0. The molecule has 0 aromatic heterocycles. The average molecular weight is 607 g/mol. The molecule has 2 unspecified atom stereocenters. The van der Waals surface area contributed by atoms with Crippen LogP contribution in [0.15, 0.2) is 71.1 Å². The SMILES string of the molecule is CC1=C(C(=O)[O-])C(c2cccc([N+](=O)[O-])c2)C(C(=O)OCCCNCC(O)COc2ccccc2C2CCCCC2)=C(C)N1. The quantitative estimate of drug-likeness (QED) is 0.125. The van der Waals surface area contributed by atoms with Gasteiger partial charge in [-0.05, 0) is 62.8 Å². The van der Waals surface area contributed by atoms with Gasteiger partial charge < -0.3 is 35.1 Å². The number of esters is 1. The molecule has 2 atom stereocenters. The fourth-order valence-corrected chi connectivity index (χ4v) is 6.00. The number of nitrogens with one attached hydrogen (secondary N) is 2. The van der Waals surface area contributed by atoms with Crippen molar-refractivity contribution in [3.63, 3.8) is 0 Å². The molecule has 0 radical (unpaired) electrons. The molecule has 2 aromatic rings. The lowest BCUT2D eigenvalue weighted by Gasteiger charge is -2.32. The number of carbonyl (C=O) groups is 2. The van der Waals surface area contributed by atoms with Crippen LogP contribution >= 0.6 is 0 Å². The number of dihydropyridines is 1. The van der Waals surface area contributed by atoms with Gasteiger partial charge in [0.2, 0.25) is 0 Å². The highest BCUT2D eigenvalue weighted by atomic mass is 16.6. The predicted molar refractivity (Wildman–Crippen MR) is 162 cm³/mol. The van der Waals surface area contributed by atoms with E-state index in [4.69, 9.17) is 9.47 Å². The lowest BCUT2D eigenvalue weighted by atomic mass is 9.80. The van der Waals surface area contributed by atoms with E-state index in [1.54, 1.807) is 13.8 Å². The van der Waals surface area contributed by atoms with Gasteiger partial charge in [0.25, 0.3) is 5.69 Å². The molecule has 0 amide bonds. The Bertz CT molecular complexity index is 1410. The molecule has 11 heteroatoms. The van der Waals surface area contributed by atoms with Gasteiger partial charge in [-0.3, -0.25) is 10.1 Å². The van der Waals surface area contributed by atoms with Gasteiger partial charge in [0.15, 0.2) is 0 Å². The van der Waals surface area contributed by atoms with Crippen molar-refractivity contribution in [2.75, 3.05) is 26.3 Å². The van der Waals surface area contributed by atoms with E-state index in [2.05, 4.69) is 16.7 Å². The first kappa shape index (κ1) is 32.7. The van der Waals surface area contributed by atoms with E-state index < -0.39 is 28.9 Å². The molecule has 1 fully saturated rings.